The van der Waals surface area contributed by atoms with Crippen LogP contribution in [-0.4, -0.2) is 17.4 Å². The number of rotatable bonds is 5. The first-order chi connectivity index (χ1) is 12.7. The molecule has 4 rings (SSSR count). The summed E-state index contributed by atoms with van der Waals surface area (Å²) in [5, 5.41) is 3.02. The quantitative estimate of drug-likeness (QED) is 0.735. The molecule has 2 aromatic carbocycles. The number of benzene rings is 2. The van der Waals surface area contributed by atoms with E-state index in [2.05, 4.69) is 22.4 Å². The summed E-state index contributed by atoms with van der Waals surface area (Å²) < 4.78 is 5.88. The fraction of sp³-hybridized carbons (Fsp3) is 0.333. The van der Waals surface area contributed by atoms with Gasteiger partial charge in [0.05, 0.1) is 0 Å². The number of nitrogens with one attached hydrogen (secondary N) is 1. The minimum absolute atomic E-state index is 0.0130. The fourth-order valence-corrected chi connectivity index (χ4v) is 3.80. The Morgan fingerprint density at radius 2 is 2.04 bits per heavy atom. The molecule has 1 fully saturated rings. The summed E-state index contributed by atoms with van der Waals surface area (Å²) in [6.45, 7) is 0.571. The Hall–Kier alpha value is -2.66. The highest BCUT2D eigenvalue weighted by Crippen LogP contribution is 2.32. The maximum Gasteiger partial charge on any atom is 0.227 e. The number of hydrogen-bond acceptors (Lipinski definition) is 4. The molecule has 0 radical (unpaired) electrons. The first kappa shape index (κ1) is 16.8. The first-order valence-corrected chi connectivity index (χ1v) is 9.17. The Morgan fingerprint density at radius 1 is 1.19 bits per heavy atom. The highest BCUT2D eigenvalue weighted by molar-refractivity contribution is 5.94. The minimum atomic E-state index is 0.0130. The molecule has 0 spiro atoms. The zero-order valence-corrected chi connectivity index (χ0v) is 14.7. The SMILES string of the molecule is NC[C@H]1CCC[C@H]1C(=O)Nc1ccc2nc(Cc3ccccc3)oc2c1. The van der Waals surface area contributed by atoms with E-state index in [4.69, 9.17) is 10.2 Å². The monoisotopic (exact) mass is 349 g/mol. The zero-order chi connectivity index (χ0) is 17.9. The van der Waals surface area contributed by atoms with Crippen molar-refractivity contribution < 1.29 is 9.21 Å². The molecule has 1 saturated carbocycles. The highest BCUT2D eigenvalue weighted by atomic mass is 16.3. The molecule has 0 unspecified atom stereocenters. The summed E-state index contributed by atoms with van der Waals surface area (Å²) in [4.78, 5) is 17.1. The van der Waals surface area contributed by atoms with Crippen LogP contribution in [0.3, 0.4) is 0 Å². The van der Waals surface area contributed by atoms with E-state index in [0.29, 0.717) is 30.4 Å². The van der Waals surface area contributed by atoms with Gasteiger partial charge in [-0.3, -0.25) is 4.79 Å². The van der Waals surface area contributed by atoms with Crippen LogP contribution in [0.2, 0.25) is 0 Å². The Balaban J connectivity index is 1.49. The van der Waals surface area contributed by atoms with Crippen LogP contribution in [0.1, 0.15) is 30.7 Å². The van der Waals surface area contributed by atoms with Crippen molar-refractivity contribution in [2.45, 2.75) is 25.7 Å². The average Bonchev–Trinajstić information content (AvgIpc) is 3.28. The van der Waals surface area contributed by atoms with Gasteiger partial charge >= 0.3 is 0 Å². The Bertz CT molecular complexity index is 904. The van der Waals surface area contributed by atoms with Gasteiger partial charge in [-0.1, -0.05) is 36.8 Å². The van der Waals surface area contributed by atoms with Gasteiger partial charge in [0.25, 0.3) is 0 Å². The van der Waals surface area contributed by atoms with E-state index >= 15 is 0 Å². The third-order valence-corrected chi connectivity index (χ3v) is 5.20. The molecule has 1 aliphatic carbocycles. The van der Waals surface area contributed by atoms with Crippen molar-refractivity contribution in [3.05, 3.63) is 60.0 Å². The van der Waals surface area contributed by atoms with E-state index in [1.165, 1.54) is 0 Å². The molecule has 0 bridgehead atoms. The van der Waals surface area contributed by atoms with Gasteiger partial charge in [0.1, 0.15) is 5.52 Å². The number of anilines is 1. The van der Waals surface area contributed by atoms with E-state index in [1.807, 2.05) is 36.4 Å². The fourth-order valence-electron chi connectivity index (χ4n) is 3.80. The zero-order valence-electron chi connectivity index (χ0n) is 14.7. The number of nitrogens with zero attached hydrogens (tertiary/aromatic N) is 1. The van der Waals surface area contributed by atoms with Gasteiger partial charge in [0.15, 0.2) is 11.5 Å². The van der Waals surface area contributed by atoms with E-state index in [9.17, 15) is 4.79 Å². The lowest BCUT2D eigenvalue weighted by Crippen LogP contribution is -2.29. The molecule has 1 heterocycles. The molecule has 0 aliphatic heterocycles. The Kier molecular flexibility index (Phi) is 4.71. The second-order valence-corrected chi connectivity index (χ2v) is 6.97. The van der Waals surface area contributed by atoms with E-state index in [-0.39, 0.29) is 11.8 Å². The van der Waals surface area contributed by atoms with E-state index < -0.39 is 0 Å². The molecule has 5 nitrogen and oxygen atoms in total. The molecule has 1 aliphatic rings. The lowest BCUT2D eigenvalue weighted by atomic mass is 9.95. The summed E-state index contributed by atoms with van der Waals surface area (Å²) in [5.41, 5.74) is 9.18. The van der Waals surface area contributed by atoms with Crippen molar-refractivity contribution in [1.29, 1.82) is 0 Å². The van der Waals surface area contributed by atoms with Crippen molar-refractivity contribution in [3.63, 3.8) is 0 Å². The number of aromatic nitrogens is 1. The molecular weight excluding hydrogens is 326 g/mol. The van der Waals surface area contributed by atoms with Gasteiger partial charge < -0.3 is 15.5 Å². The van der Waals surface area contributed by atoms with Gasteiger partial charge in [-0.05, 0) is 43.0 Å². The number of carbonyl (C=O) groups excluding carboxylic acids is 1. The van der Waals surface area contributed by atoms with Crippen molar-refractivity contribution in [1.82, 2.24) is 4.98 Å². The second-order valence-electron chi connectivity index (χ2n) is 6.97. The summed E-state index contributed by atoms with van der Waals surface area (Å²) in [7, 11) is 0. The van der Waals surface area contributed by atoms with Crippen LogP contribution in [-0.2, 0) is 11.2 Å². The van der Waals surface area contributed by atoms with Crippen LogP contribution in [0.5, 0.6) is 0 Å². The third kappa shape index (κ3) is 3.48. The van der Waals surface area contributed by atoms with Crippen LogP contribution < -0.4 is 11.1 Å². The van der Waals surface area contributed by atoms with Crippen molar-refractivity contribution >= 4 is 22.7 Å². The molecule has 3 aromatic rings. The van der Waals surface area contributed by atoms with Crippen molar-refractivity contribution in [2.75, 3.05) is 11.9 Å². The topological polar surface area (TPSA) is 81.2 Å². The van der Waals surface area contributed by atoms with Crippen LogP contribution in [0.25, 0.3) is 11.1 Å². The molecule has 1 amide bonds. The predicted octanol–water partition coefficient (Wildman–Crippen LogP) is 3.73. The molecule has 3 N–H and O–H groups in total. The molecular formula is C21H23N3O2. The Morgan fingerprint density at radius 3 is 2.85 bits per heavy atom. The summed E-state index contributed by atoms with van der Waals surface area (Å²) >= 11 is 0. The van der Waals surface area contributed by atoms with Crippen molar-refractivity contribution in [3.8, 4) is 0 Å². The van der Waals surface area contributed by atoms with Gasteiger partial charge in [-0.2, -0.15) is 0 Å². The second kappa shape index (κ2) is 7.30. The van der Waals surface area contributed by atoms with Crippen LogP contribution in [0.15, 0.2) is 52.9 Å². The number of amides is 1. The lowest BCUT2D eigenvalue weighted by Gasteiger charge is -2.17. The number of fused-ring (bicyclic) bond motifs is 1. The number of nitrogens with two attached hydrogens (primary N) is 1. The molecule has 26 heavy (non-hydrogen) atoms. The van der Waals surface area contributed by atoms with E-state index in [1.54, 1.807) is 0 Å². The summed E-state index contributed by atoms with van der Waals surface area (Å²) in [6, 6.07) is 15.7. The first-order valence-electron chi connectivity index (χ1n) is 9.17. The molecule has 5 heteroatoms. The number of carbonyl (C=O) groups is 1. The summed E-state index contributed by atoms with van der Waals surface area (Å²) in [6.07, 6.45) is 3.68. The van der Waals surface area contributed by atoms with Gasteiger partial charge in [-0.25, -0.2) is 4.98 Å². The predicted molar refractivity (Wildman–Crippen MR) is 102 cm³/mol. The minimum Gasteiger partial charge on any atom is -0.440 e. The van der Waals surface area contributed by atoms with Crippen LogP contribution in [0, 0.1) is 11.8 Å². The molecule has 0 saturated heterocycles. The third-order valence-electron chi connectivity index (χ3n) is 5.20. The smallest absolute Gasteiger partial charge is 0.227 e. The van der Waals surface area contributed by atoms with Gasteiger partial charge in [-0.15, -0.1) is 0 Å². The molecule has 2 atom stereocenters. The molecule has 134 valence electrons. The maximum atomic E-state index is 12.6. The van der Waals surface area contributed by atoms with Crippen molar-refractivity contribution in [2.24, 2.45) is 17.6 Å². The largest absolute Gasteiger partial charge is 0.440 e. The molecule has 1 aromatic heterocycles. The number of hydrogen-bond donors (Lipinski definition) is 2. The Labute approximate surface area is 152 Å². The lowest BCUT2D eigenvalue weighted by molar-refractivity contribution is -0.120. The summed E-state index contributed by atoms with van der Waals surface area (Å²) in [5.74, 6) is 1.04. The van der Waals surface area contributed by atoms with Crippen LogP contribution in [0.4, 0.5) is 5.69 Å². The number of oxazole rings is 1. The van der Waals surface area contributed by atoms with Gasteiger partial charge in [0, 0.05) is 24.1 Å². The normalized spacial score (nSPS) is 19.7. The van der Waals surface area contributed by atoms with Gasteiger partial charge in [0.2, 0.25) is 5.91 Å². The van der Waals surface area contributed by atoms with Crippen LogP contribution >= 0.6 is 0 Å². The van der Waals surface area contributed by atoms with E-state index in [0.717, 1.165) is 36.0 Å². The maximum absolute atomic E-state index is 12.6. The highest BCUT2D eigenvalue weighted by Gasteiger charge is 2.31. The average molecular weight is 349 g/mol. The standard InChI is InChI=1S/C21H23N3O2/c22-13-15-7-4-8-17(15)21(25)23-16-9-10-18-19(12-16)26-20(24-18)11-14-5-2-1-3-6-14/h1-3,5-6,9-10,12,15,17H,4,7-8,11,13,22H2,(H,23,25)/t15-,17-/m1/s1.